The van der Waals surface area contributed by atoms with Crippen molar-refractivity contribution in [1.29, 1.82) is 0 Å². The van der Waals surface area contributed by atoms with Crippen LogP contribution >= 0.6 is 0 Å². The number of methoxy groups -OCH3 is 5. The van der Waals surface area contributed by atoms with E-state index in [-0.39, 0.29) is 6.04 Å². The van der Waals surface area contributed by atoms with Crippen molar-refractivity contribution < 1.29 is 23.7 Å². The fourth-order valence-electron chi connectivity index (χ4n) is 3.71. The Morgan fingerprint density at radius 2 is 1.52 bits per heavy atom. The topological polar surface area (TPSA) is 58.2 Å². The molecule has 146 valence electrons. The van der Waals surface area contributed by atoms with Crippen LogP contribution in [0.5, 0.6) is 28.7 Å². The quantitative estimate of drug-likeness (QED) is 0.805. The van der Waals surface area contributed by atoms with Crippen LogP contribution in [0.2, 0.25) is 0 Å². The summed E-state index contributed by atoms with van der Waals surface area (Å²) in [6, 6.07) is 8.21. The Morgan fingerprint density at radius 3 is 2.15 bits per heavy atom. The zero-order valence-corrected chi connectivity index (χ0v) is 16.5. The molecule has 1 aliphatic heterocycles. The molecule has 0 aromatic heterocycles. The van der Waals surface area contributed by atoms with E-state index in [9.17, 15) is 0 Å². The number of rotatable bonds is 7. The second-order valence-corrected chi connectivity index (χ2v) is 6.36. The lowest BCUT2D eigenvalue weighted by molar-refractivity contribution is 0.318. The molecule has 0 saturated heterocycles. The second kappa shape index (κ2) is 8.39. The van der Waals surface area contributed by atoms with Gasteiger partial charge in [0.05, 0.1) is 35.5 Å². The Labute approximate surface area is 160 Å². The van der Waals surface area contributed by atoms with E-state index in [0.717, 1.165) is 42.2 Å². The highest BCUT2D eigenvalue weighted by Gasteiger charge is 2.28. The van der Waals surface area contributed by atoms with Gasteiger partial charge in [-0.3, -0.25) is 0 Å². The normalized spacial score (nSPS) is 15.7. The molecular weight excluding hydrogens is 346 g/mol. The van der Waals surface area contributed by atoms with Crippen LogP contribution in [0.15, 0.2) is 24.3 Å². The molecule has 0 bridgehead atoms. The molecular formula is C21H27NO5. The van der Waals surface area contributed by atoms with E-state index in [1.165, 1.54) is 11.1 Å². The van der Waals surface area contributed by atoms with E-state index in [4.69, 9.17) is 23.7 Å². The Morgan fingerprint density at radius 1 is 0.815 bits per heavy atom. The molecule has 0 saturated carbocycles. The van der Waals surface area contributed by atoms with E-state index in [0.29, 0.717) is 11.5 Å². The van der Waals surface area contributed by atoms with Crippen LogP contribution in [-0.2, 0) is 12.8 Å². The molecule has 3 rings (SSSR count). The van der Waals surface area contributed by atoms with Gasteiger partial charge in [-0.1, -0.05) is 6.07 Å². The van der Waals surface area contributed by atoms with Crippen LogP contribution in [0.4, 0.5) is 0 Å². The number of ether oxygens (including phenoxy) is 5. The van der Waals surface area contributed by atoms with Crippen molar-refractivity contribution in [3.05, 3.63) is 41.0 Å². The van der Waals surface area contributed by atoms with Crippen molar-refractivity contribution in [2.24, 2.45) is 0 Å². The van der Waals surface area contributed by atoms with Crippen LogP contribution in [0, 0.1) is 0 Å². The fraction of sp³-hybridized carbons (Fsp3) is 0.429. The smallest absolute Gasteiger partial charge is 0.203 e. The third-order valence-corrected chi connectivity index (χ3v) is 5.00. The maximum Gasteiger partial charge on any atom is 0.203 e. The molecule has 0 amide bonds. The van der Waals surface area contributed by atoms with Crippen molar-refractivity contribution in [3.63, 3.8) is 0 Å². The minimum atomic E-state index is 0.139. The Kier molecular flexibility index (Phi) is 5.96. The van der Waals surface area contributed by atoms with Gasteiger partial charge in [-0.2, -0.15) is 0 Å². The van der Waals surface area contributed by atoms with Gasteiger partial charge in [0.15, 0.2) is 23.0 Å². The van der Waals surface area contributed by atoms with Crippen molar-refractivity contribution >= 4 is 0 Å². The predicted molar refractivity (Wildman–Crippen MR) is 104 cm³/mol. The fourth-order valence-corrected chi connectivity index (χ4v) is 3.71. The Hall–Kier alpha value is -2.60. The van der Waals surface area contributed by atoms with Crippen LogP contribution in [-0.4, -0.2) is 42.1 Å². The van der Waals surface area contributed by atoms with Gasteiger partial charge in [0.25, 0.3) is 0 Å². The number of benzene rings is 2. The van der Waals surface area contributed by atoms with Gasteiger partial charge >= 0.3 is 0 Å². The summed E-state index contributed by atoms with van der Waals surface area (Å²) in [6.07, 6.45) is 1.69. The molecule has 6 nitrogen and oxygen atoms in total. The maximum absolute atomic E-state index is 5.67. The summed E-state index contributed by atoms with van der Waals surface area (Å²) in [4.78, 5) is 0. The van der Waals surface area contributed by atoms with Gasteiger partial charge in [-0.15, -0.1) is 0 Å². The average Bonchev–Trinajstić information content (AvgIpc) is 2.72. The molecule has 2 aromatic carbocycles. The van der Waals surface area contributed by atoms with Gasteiger partial charge in [-0.05, 0) is 48.7 Å². The lowest BCUT2D eigenvalue weighted by atomic mass is 9.89. The minimum Gasteiger partial charge on any atom is -0.493 e. The lowest BCUT2D eigenvalue weighted by Gasteiger charge is -2.30. The maximum atomic E-state index is 5.67. The first-order valence-electron chi connectivity index (χ1n) is 8.92. The molecule has 0 spiro atoms. The molecule has 1 unspecified atom stereocenters. The molecule has 1 heterocycles. The highest BCUT2D eigenvalue weighted by atomic mass is 16.5. The molecule has 0 aliphatic carbocycles. The number of hydrogen-bond donors (Lipinski definition) is 1. The van der Waals surface area contributed by atoms with Crippen LogP contribution in [0.1, 0.15) is 22.7 Å². The van der Waals surface area contributed by atoms with Crippen molar-refractivity contribution in [3.8, 4) is 28.7 Å². The van der Waals surface area contributed by atoms with Gasteiger partial charge in [-0.25, -0.2) is 0 Å². The summed E-state index contributed by atoms with van der Waals surface area (Å²) in [6.45, 7) is 0.872. The first-order valence-corrected chi connectivity index (χ1v) is 8.92. The summed E-state index contributed by atoms with van der Waals surface area (Å²) in [5.74, 6) is 3.53. The largest absolute Gasteiger partial charge is 0.493 e. The van der Waals surface area contributed by atoms with E-state index in [2.05, 4.69) is 11.4 Å². The van der Waals surface area contributed by atoms with Gasteiger partial charge in [0.2, 0.25) is 5.75 Å². The Balaban J connectivity index is 1.99. The third-order valence-electron chi connectivity index (χ3n) is 5.00. The zero-order chi connectivity index (χ0) is 19.4. The average molecular weight is 373 g/mol. The summed E-state index contributed by atoms with van der Waals surface area (Å²) < 4.78 is 27.5. The molecule has 1 N–H and O–H groups in total. The highest BCUT2D eigenvalue weighted by Crippen LogP contribution is 2.45. The zero-order valence-electron chi connectivity index (χ0n) is 16.5. The standard InChI is InChI=1S/C21H27NO5/c1-23-17-7-6-13(11-18(17)24-2)10-16-15-12-19(25-3)21(27-5)20(26-4)14(15)8-9-22-16/h6-7,11-12,16,22H,8-10H2,1-5H3. The molecule has 6 heteroatoms. The predicted octanol–water partition coefficient (Wildman–Crippen LogP) is 3.16. The van der Waals surface area contributed by atoms with Gasteiger partial charge < -0.3 is 29.0 Å². The molecule has 1 aliphatic rings. The molecule has 1 atom stereocenters. The van der Waals surface area contributed by atoms with Crippen LogP contribution in [0.3, 0.4) is 0 Å². The van der Waals surface area contributed by atoms with E-state index < -0.39 is 0 Å². The summed E-state index contributed by atoms with van der Waals surface area (Å²) in [7, 11) is 8.24. The first kappa shape index (κ1) is 19.2. The molecule has 0 fully saturated rings. The second-order valence-electron chi connectivity index (χ2n) is 6.36. The van der Waals surface area contributed by atoms with Crippen molar-refractivity contribution in [1.82, 2.24) is 5.32 Å². The van der Waals surface area contributed by atoms with Crippen molar-refractivity contribution in [2.45, 2.75) is 18.9 Å². The molecule has 27 heavy (non-hydrogen) atoms. The van der Waals surface area contributed by atoms with E-state index >= 15 is 0 Å². The summed E-state index contributed by atoms with van der Waals surface area (Å²) >= 11 is 0. The number of hydrogen-bond acceptors (Lipinski definition) is 6. The summed E-state index contributed by atoms with van der Waals surface area (Å²) in [5.41, 5.74) is 3.50. The number of nitrogens with one attached hydrogen (secondary N) is 1. The lowest BCUT2D eigenvalue weighted by Crippen LogP contribution is -2.31. The van der Waals surface area contributed by atoms with Gasteiger partial charge in [0, 0.05) is 11.6 Å². The first-order chi connectivity index (χ1) is 13.2. The van der Waals surface area contributed by atoms with Crippen LogP contribution in [0.25, 0.3) is 0 Å². The highest BCUT2D eigenvalue weighted by molar-refractivity contribution is 5.60. The Bertz CT molecular complexity index is 806. The van der Waals surface area contributed by atoms with E-state index in [1.807, 2.05) is 18.2 Å². The van der Waals surface area contributed by atoms with Gasteiger partial charge in [0.1, 0.15) is 0 Å². The third kappa shape index (κ3) is 3.62. The summed E-state index contributed by atoms with van der Waals surface area (Å²) in [5, 5.41) is 3.61. The SMILES string of the molecule is COc1ccc(CC2NCCc3c2cc(OC)c(OC)c3OC)cc1OC. The monoisotopic (exact) mass is 373 g/mol. The number of fused-ring (bicyclic) bond motifs is 1. The molecule has 2 aromatic rings. The van der Waals surface area contributed by atoms with E-state index in [1.54, 1.807) is 35.5 Å². The minimum absolute atomic E-state index is 0.139. The van der Waals surface area contributed by atoms with Crippen LogP contribution < -0.4 is 29.0 Å². The molecule has 0 radical (unpaired) electrons. The van der Waals surface area contributed by atoms with Crippen molar-refractivity contribution in [2.75, 3.05) is 42.1 Å².